The Morgan fingerprint density at radius 1 is 1.05 bits per heavy atom. The first-order valence-corrected chi connectivity index (χ1v) is 9.15. The Morgan fingerprint density at radius 2 is 1.59 bits per heavy atom. The first-order valence-electron chi connectivity index (χ1n) is 7.71. The van der Waals surface area contributed by atoms with Gasteiger partial charge in [0.2, 0.25) is 10.0 Å². The minimum absolute atomic E-state index is 0.0462. The van der Waals surface area contributed by atoms with Gasteiger partial charge in [0.15, 0.2) is 0 Å². The fourth-order valence-corrected chi connectivity index (χ4v) is 3.75. The van der Waals surface area contributed by atoms with Crippen molar-refractivity contribution in [2.24, 2.45) is 0 Å². The number of benzene rings is 1. The molecular formula is C16H27N3O2S. The van der Waals surface area contributed by atoms with Gasteiger partial charge >= 0.3 is 0 Å². The molecule has 0 bridgehead atoms. The van der Waals surface area contributed by atoms with E-state index in [0.29, 0.717) is 18.0 Å². The number of hydrogen-bond donors (Lipinski definition) is 1. The smallest absolute Gasteiger partial charge is 0.243 e. The van der Waals surface area contributed by atoms with Crippen molar-refractivity contribution in [3.63, 3.8) is 0 Å². The summed E-state index contributed by atoms with van der Waals surface area (Å²) in [6.07, 6.45) is 0. The van der Waals surface area contributed by atoms with E-state index in [1.54, 1.807) is 16.4 Å². The van der Waals surface area contributed by atoms with Crippen LogP contribution in [-0.2, 0) is 16.6 Å². The molecule has 1 fully saturated rings. The van der Waals surface area contributed by atoms with Gasteiger partial charge in [-0.15, -0.1) is 0 Å². The zero-order valence-electron chi connectivity index (χ0n) is 14.0. The number of nitrogens with zero attached hydrogens (tertiary/aromatic N) is 2. The Balaban J connectivity index is 2.06. The van der Waals surface area contributed by atoms with Gasteiger partial charge in [0.25, 0.3) is 0 Å². The zero-order valence-corrected chi connectivity index (χ0v) is 14.8. The van der Waals surface area contributed by atoms with Crippen LogP contribution < -0.4 is 5.32 Å². The zero-order chi connectivity index (χ0) is 16.4. The van der Waals surface area contributed by atoms with Gasteiger partial charge in [-0.05, 0) is 45.5 Å². The van der Waals surface area contributed by atoms with Crippen molar-refractivity contribution >= 4 is 10.0 Å². The van der Waals surface area contributed by atoms with Gasteiger partial charge in [-0.1, -0.05) is 12.1 Å². The standard InChI is InChI=1S/C16H27N3O2S/c1-16(2,3)17-13-14-5-7-15(8-6-14)22(20,21)19-11-9-18(4)10-12-19/h5-8,17H,9-13H2,1-4H3. The second-order valence-electron chi connectivity index (χ2n) is 6.95. The third kappa shape index (κ3) is 4.52. The van der Waals surface area contributed by atoms with E-state index in [9.17, 15) is 8.42 Å². The fourth-order valence-electron chi connectivity index (χ4n) is 2.32. The van der Waals surface area contributed by atoms with Crippen LogP contribution in [0.4, 0.5) is 0 Å². The van der Waals surface area contributed by atoms with Crippen LogP contribution in [0, 0.1) is 0 Å². The molecule has 0 atom stereocenters. The van der Waals surface area contributed by atoms with Crippen molar-refractivity contribution in [3.05, 3.63) is 29.8 Å². The molecule has 0 spiro atoms. The molecule has 0 aliphatic carbocycles. The fraction of sp³-hybridized carbons (Fsp3) is 0.625. The summed E-state index contributed by atoms with van der Waals surface area (Å²) in [6, 6.07) is 7.21. The minimum Gasteiger partial charge on any atom is -0.308 e. The molecule has 5 nitrogen and oxygen atoms in total. The van der Waals surface area contributed by atoms with Gasteiger partial charge in [0, 0.05) is 38.3 Å². The number of likely N-dealkylation sites (N-methyl/N-ethyl adjacent to an activating group) is 1. The van der Waals surface area contributed by atoms with Gasteiger partial charge in [-0.3, -0.25) is 0 Å². The molecule has 6 heteroatoms. The van der Waals surface area contributed by atoms with Crippen LogP contribution in [0.2, 0.25) is 0 Å². The van der Waals surface area contributed by atoms with Crippen molar-refractivity contribution < 1.29 is 8.42 Å². The van der Waals surface area contributed by atoms with Crippen molar-refractivity contribution in [2.75, 3.05) is 33.2 Å². The van der Waals surface area contributed by atoms with Gasteiger partial charge < -0.3 is 10.2 Å². The maximum Gasteiger partial charge on any atom is 0.243 e. The van der Waals surface area contributed by atoms with Crippen LogP contribution in [0.1, 0.15) is 26.3 Å². The molecule has 1 aromatic carbocycles. The van der Waals surface area contributed by atoms with Crippen LogP contribution in [0.25, 0.3) is 0 Å². The van der Waals surface area contributed by atoms with E-state index >= 15 is 0 Å². The lowest BCUT2D eigenvalue weighted by molar-refractivity contribution is 0.222. The number of hydrogen-bond acceptors (Lipinski definition) is 4. The summed E-state index contributed by atoms with van der Waals surface area (Å²) in [7, 11) is -1.34. The molecule has 0 radical (unpaired) electrons. The molecule has 0 amide bonds. The SMILES string of the molecule is CN1CCN(S(=O)(=O)c2ccc(CNC(C)(C)C)cc2)CC1. The molecule has 0 unspecified atom stereocenters. The lowest BCUT2D eigenvalue weighted by atomic mass is 10.1. The topological polar surface area (TPSA) is 52.7 Å². The molecule has 0 saturated carbocycles. The summed E-state index contributed by atoms with van der Waals surface area (Å²) in [6.45, 7) is 9.76. The molecule has 1 heterocycles. The molecule has 1 aromatic rings. The van der Waals surface area contributed by atoms with Crippen LogP contribution in [0.5, 0.6) is 0 Å². The Hall–Kier alpha value is -0.950. The second-order valence-corrected chi connectivity index (χ2v) is 8.89. The highest BCUT2D eigenvalue weighted by atomic mass is 32.2. The predicted molar refractivity (Wildman–Crippen MR) is 89.3 cm³/mol. The third-order valence-corrected chi connectivity index (χ3v) is 5.76. The summed E-state index contributed by atoms with van der Waals surface area (Å²) in [5.41, 5.74) is 1.14. The van der Waals surface area contributed by atoms with E-state index in [-0.39, 0.29) is 5.54 Å². The lowest BCUT2D eigenvalue weighted by Crippen LogP contribution is -2.47. The Kier molecular flexibility index (Phi) is 5.27. The molecule has 1 saturated heterocycles. The minimum atomic E-state index is -3.36. The van der Waals surface area contributed by atoms with E-state index in [1.807, 2.05) is 19.2 Å². The molecule has 0 aromatic heterocycles. The summed E-state index contributed by atoms with van der Waals surface area (Å²) >= 11 is 0. The van der Waals surface area contributed by atoms with Gasteiger partial charge in [-0.2, -0.15) is 4.31 Å². The van der Waals surface area contributed by atoms with Gasteiger partial charge in [0.05, 0.1) is 4.90 Å². The van der Waals surface area contributed by atoms with Gasteiger partial charge in [-0.25, -0.2) is 8.42 Å². The van der Waals surface area contributed by atoms with E-state index < -0.39 is 10.0 Å². The summed E-state index contributed by atoms with van der Waals surface area (Å²) in [4.78, 5) is 2.53. The predicted octanol–water partition coefficient (Wildman–Crippen LogP) is 1.51. The largest absolute Gasteiger partial charge is 0.308 e. The lowest BCUT2D eigenvalue weighted by Gasteiger charge is -2.31. The van der Waals surface area contributed by atoms with Crippen LogP contribution in [-0.4, -0.2) is 56.4 Å². The molecule has 22 heavy (non-hydrogen) atoms. The van der Waals surface area contributed by atoms with Crippen molar-refractivity contribution in [3.8, 4) is 0 Å². The molecular weight excluding hydrogens is 298 g/mol. The average Bonchev–Trinajstić information content (AvgIpc) is 2.45. The van der Waals surface area contributed by atoms with Crippen molar-refractivity contribution in [1.29, 1.82) is 0 Å². The Bertz CT molecular complexity index is 583. The Labute approximate surface area is 134 Å². The van der Waals surface area contributed by atoms with Gasteiger partial charge in [0.1, 0.15) is 0 Å². The summed E-state index contributed by atoms with van der Waals surface area (Å²) in [5.74, 6) is 0. The van der Waals surface area contributed by atoms with Crippen LogP contribution in [0.3, 0.4) is 0 Å². The molecule has 1 N–H and O–H groups in total. The van der Waals surface area contributed by atoms with Crippen molar-refractivity contribution in [1.82, 2.24) is 14.5 Å². The van der Waals surface area contributed by atoms with Crippen LogP contribution >= 0.6 is 0 Å². The highest BCUT2D eigenvalue weighted by Crippen LogP contribution is 2.18. The first kappa shape index (κ1) is 17.4. The number of rotatable bonds is 4. The second kappa shape index (κ2) is 6.66. The quantitative estimate of drug-likeness (QED) is 0.912. The maximum absolute atomic E-state index is 12.6. The third-order valence-electron chi connectivity index (χ3n) is 3.85. The molecule has 1 aliphatic heterocycles. The van der Waals surface area contributed by atoms with E-state index in [1.165, 1.54) is 0 Å². The van der Waals surface area contributed by atoms with E-state index in [4.69, 9.17) is 0 Å². The average molecular weight is 325 g/mol. The van der Waals surface area contributed by atoms with Crippen LogP contribution in [0.15, 0.2) is 29.2 Å². The van der Waals surface area contributed by atoms with E-state index in [0.717, 1.165) is 25.2 Å². The molecule has 2 rings (SSSR count). The van der Waals surface area contributed by atoms with E-state index in [2.05, 4.69) is 31.0 Å². The summed E-state index contributed by atoms with van der Waals surface area (Å²) < 4.78 is 26.8. The highest BCUT2D eigenvalue weighted by Gasteiger charge is 2.27. The molecule has 1 aliphatic rings. The van der Waals surface area contributed by atoms with Crippen molar-refractivity contribution in [2.45, 2.75) is 37.8 Å². The highest BCUT2D eigenvalue weighted by molar-refractivity contribution is 7.89. The normalized spacial score (nSPS) is 18.5. The maximum atomic E-state index is 12.6. The molecule has 124 valence electrons. The summed E-state index contributed by atoms with van der Waals surface area (Å²) in [5, 5.41) is 3.40. The number of sulfonamides is 1. The number of nitrogens with one attached hydrogen (secondary N) is 1. The monoisotopic (exact) mass is 325 g/mol. The number of piperazine rings is 1. The first-order chi connectivity index (χ1) is 10.2. The Morgan fingerprint density at radius 3 is 2.09 bits per heavy atom.